The van der Waals surface area contributed by atoms with Gasteiger partial charge in [0.2, 0.25) is 5.91 Å². The van der Waals surface area contributed by atoms with Gasteiger partial charge in [0.05, 0.1) is 0 Å². The first-order chi connectivity index (χ1) is 8.50. The van der Waals surface area contributed by atoms with E-state index in [1.807, 2.05) is 0 Å². The molecule has 0 saturated heterocycles. The van der Waals surface area contributed by atoms with E-state index in [2.05, 4.69) is 15.3 Å². The molecule has 2 aromatic rings. The molecule has 0 radical (unpaired) electrons. The number of carbonyl (C=O) groups is 1. The number of aromatic nitrogens is 4. The van der Waals surface area contributed by atoms with Gasteiger partial charge < -0.3 is 10.8 Å². The van der Waals surface area contributed by atoms with Crippen LogP contribution in [-0.2, 0) is 11.8 Å². The highest BCUT2D eigenvalue weighted by Crippen LogP contribution is 2.26. The van der Waals surface area contributed by atoms with Crippen molar-refractivity contribution >= 4 is 5.91 Å². The van der Waals surface area contributed by atoms with Crippen LogP contribution in [0.2, 0.25) is 0 Å². The number of nitrogens with two attached hydrogens (primary N) is 1. The van der Waals surface area contributed by atoms with E-state index < -0.39 is 5.91 Å². The fourth-order valence-corrected chi connectivity index (χ4v) is 2.16. The van der Waals surface area contributed by atoms with Gasteiger partial charge in [-0.2, -0.15) is 5.10 Å². The molecule has 4 N–H and O–H groups in total. The Labute approximate surface area is 103 Å². The zero-order chi connectivity index (χ0) is 13.3. The van der Waals surface area contributed by atoms with Crippen LogP contribution in [0.5, 0.6) is 0 Å². The number of aryl methyl sites for hydroxylation is 2. The Morgan fingerprint density at radius 2 is 2.28 bits per heavy atom. The first kappa shape index (κ1) is 12.2. The number of H-pyrrole nitrogens is 2. The SMILES string of the molecule is Cc1[nH][nH]c(=O)c1[C@H](CC(N)=O)c1ccnn1C. The molecule has 0 fully saturated rings. The van der Waals surface area contributed by atoms with Crippen LogP contribution in [0.4, 0.5) is 0 Å². The normalized spacial score (nSPS) is 12.6. The number of amides is 1. The molecule has 18 heavy (non-hydrogen) atoms. The minimum absolute atomic E-state index is 0.0707. The lowest BCUT2D eigenvalue weighted by molar-refractivity contribution is -0.118. The van der Waals surface area contributed by atoms with Gasteiger partial charge in [0, 0.05) is 42.5 Å². The monoisotopic (exact) mass is 249 g/mol. The van der Waals surface area contributed by atoms with Crippen molar-refractivity contribution in [2.24, 2.45) is 12.8 Å². The maximum absolute atomic E-state index is 11.8. The summed E-state index contributed by atoms with van der Waals surface area (Å²) in [6.07, 6.45) is 1.70. The number of nitrogens with one attached hydrogen (secondary N) is 2. The molecule has 0 spiro atoms. The Bertz CT molecular complexity index is 621. The third-order valence-corrected chi connectivity index (χ3v) is 2.98. The number of aromatic amines is 2. The quantitative estimate of drug-likeness (QED) is 0.695. The molecule has 1 atom stereocenters. The molecule has 2 rings (SSSR count). The van der Waals surface area contributed by atoms with Crippen LogP contribution in [0.1, 0.15) is 29.3 Å². The van der Waals surface area contributed by atoms with E-state index in [-0.39, 0.29) is 17.9 Å². The van der Waals surface area contributed by atoms with E-state index in [4.69, 9.17) is 5.73 Å². The Hall–Kier alpha value is -2.31. The Kier molecular flexibility index (Phi) is 3.05. The van der Waals surface area contributed by atoms with Gasteiger partial charge in [-0.1, -0.05) is 0 Å². The van der Waals surface area contributed by atoms with E-state index >= 15 is 0 Å². The molecule has 0 aliphatic heterocycles. The lowest BCUT2D eigenvalue weighted by Gasteiger charge is -2.14. The maximum atomic E-state index is 11.8. The summed E-state index contributed by atoms with van der Waals surface area (Å²) in [5, 5.41) is 9.32. The lowest BCUT2D eigenvalue weighted by atomic mass is 9.92. The molecule has 2 heterocycles. The molecule has 2 aromatic heterocycles. The zero-order valence-electron chi connectivity index (χ0n) is 10.2. The number of rotatable bonds is 4. The summed E-state index contributed by atoms with van der Waals surface area (Å²) in [7, 11) is 1.76. The van der Waals surface area contributed by atoms with Crippen molar-refractivity contribution in [2.45, 2.75) is 19.3 Å². The van der Waals surface area contributed by atoms with Gasteiger partial charge in [-0.3, -0.25) is 19.4 Å². The van der Waals surface area contributed by atoms with Crippen LogP contribution in [0, 0.1) is 6.92 Å². The second kappa shape index (κ2) is 4.52. The van der Waals surface area contributed by atoms with Gasteiger partial charge in [-0.25, -0.2) is 0 Å². The molecular formula is C11H15N5O2. The second-order valence-corrected chi connectivity index (χ2v) is 4.22. The predicted molar refractivity (Wildman–Crippen MR) is 65.0 cm³/mol. The molecule has 0 aliphatic rings. The van der Waals surface area contributed by atoms with Crippen molar-refractivity contribution in [1.82, 2.24) is 20.0 Å². The van der Waals surface area contributed by atoms with Crippen LogP contribution in [0.3, 0.4) is 0 Å². The van der Waals surface area contributed by atoms with Crippen molar-refractivity contribution in [2.75, 3.05) is 0 Å². The Balaban J connectivity index is 2.54. The molecule has 0 unspecified atom stereocenters. The molecule has 96 valence electrons. The third kappa shape index (κ3) is 2.06. The molecular weight excluding hydrogens is 234 g/mol. The van der Waals surface area contributed by atoms with Crippen molar-refractivity contribution in [3.63, 3.8) is 0 Å². The van der Waals surface area contributed by atoms with Crippen LogP contribution in [0.25, 0.3) is 0 Å². The van der Waals surface area contributed by atoms with E-state index in [1.54, 1.807) is 30.9 Å². The second-order valence-electron chi connectivity index (χ2n) is 4.22. The fraction of sp³-hybridized carbons (Fsp3) is 0.364. The van der Waals surface area contributed by atoms with Crippen molar-refractivity contribution < 1.29 is 4.79 Å². The number of nitrogens with zero attached hydrogens (tertiary/aromatic N) is 2. The first-order valence-corrected chi connectivity index (χ1v) is 5.54. The van der Waals surface area contributed by atoms with E-state index in [0.717, 1.165) is 5.69 Å². The van der Waals surface area contributed by atoms with Crippen molar-refractivity contribution in [3.8, 4) is 0 Å². The van der Waals surface area contributed by atoms with Gasteiger partial charge in [0.1, 0.15) is 0 Å². The van der Waals surface area contributed by atoms with Crippen LogP contribution < -0.4 is 11.3 Å². The Morgan fingerprint density at radius 1 is 1.56 bits per heavy atom. The third-order valence-electron chi connectivity index (χ3n) is 2.98. The molecule has 0 aromatic carbocycles. The van der Waals surface area contributed by atoms with Gasteiger partial charge in [0.15, 0.2) is 0 Å². The van der Waals surface area contributed by atoms with E-state index in [0.29, 0.717) is 11.3 Å². The van der Waals surface area contributed by atoms with Crippen LogP contribution in [0.15, 0.2) is 17.1 Å². The van der Waals surface area contributed by atoms with Crippen LogP contribution in [-0.4, -0.2) is 25.9 Å². The minimum Gasteiger partial charge on any atom is -0.370 e. The number of hydrogen-bond donors (Lipinski definition) is 3. The van der Waals surface area contributed by atoms with E-state index in [1.165, 1.54) is 0 Å². The lowest BCUT2D eigenvalue weighted by Crippen LogP contribution is -2.22. The standard InChI is InChI=1S/C11H15N5O2/c1-6-10(11(18)15-14-6)7(5-9(12)17)8-3-4-13-16(8)2/h3-4,7H,5H2,1-2H3,(H2,12,17)(H2,14,15,18)/t7-/m1/s1. The zero-order valence-corrected chi connectivity index (χ0v) is 10.2. The topological polar surface area (TPSA) is 110 Å². The van der Waals surface area contributed by atoms with Gasteiger partial charge >= 0.3 is 0 Å². The molecule has 0 saturated carbocycles. The molecule has 1 amide bonds. The predicted octanol–water partition coefficient (Wildman–Crippen LogP) is -0.248. The highest BCUT2D eigenvalue weighted by Gasteiger charge is 2.25. The highest BCUT2D eigenvalue weighted by molar-refractivity contribution is 5.75. The summed E-state index contributed by atoms with van der Waals surface area (Å²) in [5.41, 5.74) is 7.03. The summed E-state index contributed by atoms with van der Waals surface area (Å²) in [5.74, 6) is -0.841. The molecule has 0 bridgehead atoms. The summed E-state index contributed by atoms with van der Waals surface area (Å²) >= 11 is 0. The number of carbonyl (C=O) groups excluding carboxylic acids is 1. The van der Waals surface area contributed by atoms with Gasteiger partial charge in [-0.15, -0.1) is 0 Å². The molecule has 7 heteroatoms. The smallest absolute Gasteiger partial charge is 0.268 e. The highest BCUT2D eigenvalue weighted by atomic mass is 16.1. The fourth-order valence-electron chi connectivity index (χ4n) is 2.16. The number of hydrogen-bond acceptors (Lipinski definition) is 3. The summed E-state index contributed by atoms with van der Waals surface area (Å²) in [6.45, 7) is 1.78. The average molecular weight is 249 g/mol. The summed E-state index contributed by atoms with van der Waals surface area (Å²) in [6, 6.07) is 1.78. The summed E-state index contributed by atoms with van der Waals surface area (Å²) in [4.78, 5) is 23.0. The van der Waals surface area contributed by atoms with Crippen molar-refractivity contribution in [1.29, 1.82) is 0 Å². The summed E-state index contributed by atoms with van der Waals surface area (Å²) < 4.78 is 1.64. The molecule has 0 aliphatic carbocycles. The molecule has 7 nitrogen and oxygen atoms in total. The van der Waals surface area contributed by atoms with Crippen molar-refractivity contribution in [3.05, 3.63) is 39.6 Å². The van der Waals surface area contributed by atoms with E-state index in [9.17, 15) is 9.59 Å². The first-order valence-electron chi connectivity index (χ1n) is 5.54. The number of primary amides is 1. The van der Waals surface area contributed by atoms with Gasteiger partial charge in [-0.05, 0) is 13.0 Å². The van der Waals surface area contributed by atoms with Gasteiger partial charge in [0.25, 0.3) is 5.56 Å². The minimum atomic E-state index is -0.457. The Morgan fingerprint density at radius 3 is 2.72 bits per heavy atom. The van der Waals surface area contributed by atoms with Crippen LogP contribution >= 0.6 is 0 Å². The average Bonchev–Trinajstić information content (AvgIpc) is 2.83. The maximum Gasteiger partial charge on any atom is 0.268 e. The largest absolute Gasteiger partial charge is 0.370 e.